The van der Waals surface area contributed by atoms with Crippen molar-refractivity contribution in [3.63, 3.8) is 0 Å². The van der Waals surface area contributed by atoms with Crippen LogP contribution < -0.4 is 5.32 Å². The molecule has 1 aromatic carbocycles. The van der Waals surface area contributed by atoms with Crippen LogP contribution in [-0.2, 0) is 4.74 Å². The Morgan fingerprint density at radius 3 is 2.65 bits per heavy atom. The van der Waals surface area contributed by atoms with Crippen molar-refractivity contribution in [2.24, 2.45) is 0 Å². The van der Waals surface area contributed by atoms with Gasteiger partial charge < -0.3 is 10.1 Å². The van der Waals surface area contributed by atoms with Gasteiger partial charge >= 0.3 is 5.97 Å². The number of aromatic nitrogens is 1. The molecule has 2 rings (SSSR count). The lowest BCUT2D eigenvalue weighted by Gasteiger charge is -2.14. The van der Waals surface area contributed by atoms with Crippen molar-refractivity contribution in [2.75, 3.05) is 12.4 Å². The first-order chi connectivity index (χ1) is 9.52. The lowest BCUT2D eigenvalue weighted by molar-refractivity contribution is 0.0338. The SMILES string of the molecule is CNc1snc(C)c1C(=O)OC(C)c1ccc(F)cc1. The smallest absolute Gasteiger partial charge is 0.343 e. The van der Waals surface area contributed by atoms with E-state index in [0.29, 0.717) is 16.3 Å². The number of aryl methyl sites for hydroxylation is 1. The molecule has 106 valence electrons. The number of esters is 1. The minimum Gasteiger partial charge on any atom is -0.454 e. The van der Waals surface area contributed by atoms with E-state index in [1.54, 1.807) is 33.0 Å². The zero-order valence-corrected chi connectivity index (χ0v) is 12.3. The van der Waals surface area contributed by atoms with Gasteiger partial charge in [-0.15, -0.1) is 0 Å². The Kier molecular flexibility index (Phi) is 4.34. The molecule has 4 nitrogen and oxygen atoms in total. The quantitative estimate of drug-likeness (QED) is 0.876. The third-order valence-electron chi connectivity index (χ3n) is 2.92. The Hall–Kier alpha value is -1.95. The van der Waals surface area contributed by atoms with Crippen LogP contribution in [0.3, 0.4) is 0 Å². The van der Waals surface area contributed by atoms with Gasteiger partial charge in [0, 0.05) is 7.05 Å². The topological polar surface area (TPSA) is 51.2 Å². The van der Waals surface area contributed by atoms with Crippen LogP contribution >= 0.6 is 11.5 Å². The standard InChI is InChI=1S/C14H15FN2O2S/c1-8-12(13(16-3)20-17-8)14(18)19-9(2)10-4-6-11(15)7-5-10/h4-7,9,16H,1-3H3. The van der Waals surface area contributed by atoms with E-state index in [0.717, 1.165) is 5.56 Å². The molecule has 0 saturated heterocycles. The Balaban J connectivity index is 2.15. The first kappa shape index (κ1) is 14.5. The van der Waals surface area contributed by atoms with Gasteiger partial charge in [-0.1, -0.05) is 12.1 Å². The van der Waals surface area contributed by atoms with Gasteiger partial charge in [-0.3, -0.25) is 0 Å². The summed E-state index contributed by atoms with van der Waals surface area (Å²) in [5, 5.41) is 3.60. The number of rotatable bonds is 4. The number of hydrogen-bond acceptors (Lipinski definition) is 5. The van der Waals surface area contributed by atoms with E-state index in [4.69, 9.17) is 4.74 Å². The van der Waals surface area contributed by atoms with E-state index >= 15 is 0 Å². The van der Waals surface area contributed by atoms with Gasteiger partial charge in [0.25, 0.3) is 0 Å². The van der Waals surface area contributed by atoms with Crippen LogP contribution in [0.5, 0.6) is 0 Å². The van der Waals surface area contributed by atoms with Crippen molar-refractivity contribution in [1.29, 1.82) is 0 Å². The van der Waals surface area contributed by atoms with Crippen molar-refractivity contribution < 1.29 is 13.9 Å². The van der Waals surface area contributed by atoms with Crippen LogP contribution in [0.1, 0.15) is 34.6 Å². The molecule has 2 aromatic rings. The molecule has 1 unspecified atom stereocenters. The van der Waals surface area contributed by atoms with E-state index in [-0.39, 0.29) is 5.82 Å². The Labute approximate surface area is 120 Å². The summed E-state index contributed by atoms with van der Waals surface area (Å²) in [5.74, 6) is -0.750. The average molecular weight is 294 g/mol. The number of nitrogens with one attached hydrogen (secondary N) is 1. The molecule has 0 saturated carbocycles. The van der Waals surface area contributed by atoms with Crippen LogP contribution in [0.4, 0.5) is 9.39 Å². The van der Waals surface area contributed by atoms with Crippen molar-refractivity contribution in [2.45, 2.75) is 20.0 Å². The summed E-state index contributed by atoms with van der Waals surface area (Å²) in [7, 11) is 1.73. The first-order valence-electron chi connectivity index (χ1n) is 6.13. The predicted molar refractivity (Wildman–Crippen MR) is 76.6 cm³/mol. The van der Waals surface area contributed by atoms with Gasteiger partial charge in [0.1, 0.15) is 22.5 Å². The molecule has 0 aliphatic heterocycles. The van der Waals surface area contributed by atoms with Crippen LogP contribution in [-0.4, -0.2) is 17.4 Å². The highest BCUT2D eigenvalue weighted by molar-refractivity contribution is 7.10. The summed E-state index contributed by atoms with van der Waals surface area (Å²) in [6.45, 7) is 3.51. The molecule has 1 atom stereocenters. The molecule has 0 aliphatic carbocycles. The van der Waals surface area contributed by atoms with Gasteiger partial charge in [-0.05, 0) is 43.1 Å². The second kappa shape index (κ2) is 6.00. The second-order valence-electron chi connectivity index (χ2n) is 4.32. The Bertz CT molecular complexity index is 610. The number of ether oxygens (including phenoxy) is 1. The molecule has 0 spiro atoms. The van der Waals surface area contributed by atoms with Gasteiger partial charge in [-0.25, -0.2) is 9.18 Å². The number of benzene rings is 1. The maximum absolute atomic E-state index is 12.9. The minimum atomic E-state index is -0.452. The monoisotopic (exact) mass is 294 g/mol. The van der Waals surface area contributed by atoms with Crippen LogP contribution in [0, 0.1) is 12.7 Å². The third-order valence-corrected chi connectivity index (χ3v) is 3.87. The molecule has 0 fully saturated rings. The highest BCUT2D eigenvalue weighted by atomic mass is 32.1. The molecular weight excluding hydrogens is 279 g/mol. The molecule has 0 aliphatic rings. The summed E-state index contributed by atoms with van der Waals surface area (Å²) in [6, 6.07) is 5.89. The van der Waals surface area contributed by atoms with E-state index in [9.17, 15) is 9.18 Å². The molecule has 1 aromatic heterocycles. The molecular formula is C14H15FN2O2S. The van der Waals surface area contributed by atoms with Gasteiger partial charge in [-0.2, -0.15) is 4.37 Å². The Morgan fingerprint density at radius 2 is 2.05 bits per heavy atom. The lowest BCUT2D eigenvalue weighted by atomic mass is 10.1. The summed E-state index contributed by atoms with van der Waals surface area (Å²) in [5.41, 5.74) is 1.83. The number of carbonyl (C=O) groups is 1. The largest absolute Gasteiger partial charge is 0.454 e. The number of carbonyl (C=O) groups excluding carboxylic acids is 1. The van der Waals surface area contributed by atoms with Gasteiger partial charge in [0.05, 0.1) is 5.69 Å². The molecule has 1 heterocycles. The van der Waals surface area contributed by atoms with Crippen LogP contribution in [0.25, 0.3) is 0 Å². The predicted octanol–water partition coefficient (Wildman–Crippen LogP) is 3.55. The summed E-state index contributed by atoms with van der Waals surface area (Å²) >= 11 is 1.22. The average Bonchev–Trinajstić information content (AvgIpc) is 2.80. The molecule has 0 radical (unpaired) electrons. The van der Waals surface area contributed by atoms with Crippen LogP contribution in [0.15, 0.2) is 24.3 Å². The fraction of sp³-hybridized carbons (Fsp3) is 0.286. The molecule has 1 N–H and O–H groups in total. The van der Waals surface area contributed by atoms with E-state index in [1.165, 1.54) is 23.7 Å². The molecule has 20 heavy (non-hydrogen) atoms. The van der Waals surface area contributed by atoms with E-state index in [1.807, 2.05) is 0 Å². The number of anilines is 1. The zero-order chi connectivity index (χ0) is 14.7. The summed E-state index contributed by atoms with van der Waals surface area (Å²) in [4.78, 5) is 12.2. The maximum Gasteiger partial charge on any atom is 0.343 e. The van der Waals surface area contributed by atoms with Crippen molar-refractivity contribution in [3.8, 4) is 0 Å². The molecule has 0 amide bonds. The maximum atomic E-state index is 12.9. The highest BCUT2D eigenvalue weighted by Crippen LogP contribution is 2.27. The second-order valence-corrected chi connectivity index (χ2v) is 5.09. The van der Waals surface area contributed by atoms with E-state index < -0.39 is 12.1 Å². The third kappa shape index (κ3) is 2.96. The fourth-order valence-corrected chi connectivity index (χ4v) is 2.54. The van der Waals surface area contributed by atoms with Crippen LogP contribution in [0.2, 0.25) is 0 Å². The van der Waals surface area contributed by atoms with Crippen molar-refractivity contribution in [3.05, 3.63) is 46.9 Å². The highest BCUT2D eigenvalue weighted by Gasteiger charge is 2.21. The molecule has 6 heteroatoms. The van der Waals surface area contributed by atoms with Gasteiger partial charge in [0.2, 0.25) is 0 Å². The van der Waals surface area contributed by atoms with Crippen molar-refractivity contribution >= 4 is 22.5 Å². The fourth-order valence-electron chi connectivity index (χ4n) is 1.80. The van der Waals surface area contributed by atoms with E-state index in [2.05, 4.69) is 9.69 Å². The number of halogens is 1. The first-order valence-corrected chi connectivity index (χ1v) is 6.90. The normalized spacial score (nSPS) is 12.0. The summed E-state index contributed by atoms with van der Waals surface area (Å²) in [6.07, 6.45) is -0.452. The number of hydrogen-bond donors (Lipinski definition) is 1. The number of nitrogens with zero attached hydrogens (tertiary/aromatic N) is 1. The van der Waals surface area contributed by atoms with Gasteiger partial charge in [0.15, 0.2) is 0 Å². The summed E-state index contributed by atoms with van der Waals surface area (Å²) < 4.78 is 22.4. The Morgan fingerprint density at radius 1 is 1.40 bits per heavy atom. The minimum absolute atomic E-state index is 0.317. The lowest BCUT2D eigenvalue weighted by Crippen LogP contribution is -2.11. The zero-order valence-electron chi connectivity index (χ0n) is 11.4. The van der Waals surface area contributed by atoms with Crippen molar-refractivity contribution in [1.82, 2.24) is 4.37 Å². The molecule has 0 bridgehead atoms.